The van der Waals surface area contributed by atoms with Crippen LogP contribution in [0, 0.1) is 0 Å². The lowest BCUT2D eigenvalue weighted by atomic mass is 10.1. The number of nitrogens with one attached hydrogen (secondary N) is 1. The first kappa shape index (κ1) is 14.5. The topological polar surface area (TPSA) is 84.3 Å². The van der Waals surface area contributed by atoms with Crippen molar-refractivity contribution in [3.05, 3.63) is 53.0 Å². The van der Waals surface area contributed by atoms with Gasteiger partial charge >= 0.3 is 5.97 Å². The van der Waals surface area contributed by atoms with Crippen molar-refractivity contribution in [3.8, 4) is 0 Å². The first-order valence-electron chi connectivity index (χ1n) is 7.07. The maximum atomic E-state index is 11.0. The van der Waals surface area contributed by atoms with Gasteiger partial charge in [0.05, 0.1) is 17.9 Å². The van der Waals surface area contributed by atoms with Crippen molar-refractivity contribution in [2.75, 3.05) is 12.4 Å². The molecule has 0 aliphatic heterocycles. The lowest BCUT2D eigenvalue weighted by molar-refractivity contribution is 0.0697. The molecule has 1 heterocycles. The SMILES string of the molecule is COCc1cc(NC2Cc3ccc(C(=O)O)cc3C2)ncn1. The highest BCUT2D eigenvalue weighted by atomic mass is 16.5. The number of ether oxygens (including phenoxy) is 1. The van der Waals surface area contributed by atoms with Gasteiger partial charge in [-0.25, -0.2) is 14.8 Å². The van der Waals surface area contributed by atoms with Gasteiger partial charge in [0, 0.05) is 19.2 Å². The third kappa shape index (κ3) is 3.07. The number of methoxy groups -OCH3 is 1. The third-order valence-corrected chi connectivity index (χ3v) is 3.75. The van der Waals surface area contributed by atoms with E-state index in [2.05, 4.69) is 15.3 Å². The van der Waals surface area contributed by atoms with Crippen LogP contribution in [-0.4, -0.2) is 34.2 Å². The van der Waals surface area contributed by atoms with E-state index in [1.54, 1.807) is 19.2 Å². The van der Waals surface area contributed by atoms with Gasteiger partial charge in [-0.2, -0.15) is 0 Å². The van der Waals surface area contributed by atoms with E-state index in [9.17, 15) is 4.79 Å². The average molecular weight is 299 g/mol. The molecule has 0 radical (unpaired) electrons. The summed E-state index contributed by atoms with van der Waals surface area (Å²) in [6.45, 7) is 0.448. The molecule has 0 amide bonds. The highest BCUT2D eigenvalue weighted by molar-refractivity contribution is 5.88. The normalized spacial score (nSPS) is 16.3. The molecule has 0 saturated heterocycles. The summed E-state index contributed by atoms with van der Waals surface area (Å²) in [6.07, 6.45) is 3.17. The fourth-order valence-electron chi connectivity index (χ4n) is 2.77. The predicted molar refractivity (Wildman–Crippen MR) is 81.0 cm³/mol. The fourth-order valence-corrected chi connectivity index (χ4v) is 2.77. The number of aromatic carboxylic acids is 1. The van der Waals surface area contributed by atoms with Crippen LogP contribution in [0.3, 0.4) is 0 Å². The highest BCUT2D eigenvalue weighted by Crippen LogP contribution is 2.25. The van der Waals surface area contributed by atoms with Crippen molar-refractivity contribution in [3.63, 3.8) is 0 Å². The molecular weight excluding hydrogens is 282 g/mol. The smallest absolute Gasteiger partial charge is 0.335 e. The van der Waals surface area contributed by atoms with Crippen molar-refractivity contribution in [1.29, 1.82) is 0 Å². The first-order chi connectivity index (χ1) is 10.7. The molecule has 2 N–H and O–H groups in total. The molecule has 1 aromatic carbocycles. The predicted octanol–water partition coefficient (Wildman–Crippen LogP) is 1.90. The van der Waals surface area contributed by atoms with Crippen LogP contribution in [0.15, 0.2) is 30.6 Å². The van der Waals surface area contributed by atoms with Gasteiger partial charge < -0.3 is 15.2 Å². The van der Waals surface area contributed by atoms with E-state index in [1.165, 1.54) is 11.9 Å². The number of nitrogens with zero attached hydrogens (tertiary/aromatic N) is 2. The summed E-state index contributed by atoms with van der Waals surface area (Å²) in [7, 11) is 1.63. The van der Waals surface area contributed by atoms with Gasteiger partial charge in [0.25, 0.3) is 0 Å². The molecule has 6 heteroatoms. The van der Waals surface area contributed by atoms with E-state index in [-0.39, 0.29) is 6.04 Å². The summed E-state index contributed by atoms with van der Waals surface area (Å²) in [5.74, 6) is -0.127. The molecule has 2 aromatic rings. The summed E-state index contributed by atoms with van der Waals surface area (Å²) in [6, 6.07) is 7.40. The summed E-state index contributed by atoms with van der Waals surface area (Å²) >= 11 is 0. The van der Waals surface area contributed by atoms with Crippen molar-refractivity contribution in [2.45, 2.75) is 25.5 Å². The summed E-state index contributed by atoms with van der Waals surface area (Å²) < 4.78 is 5.07. The van der Waals surface area contributed by atoms with Gasteiger partial charge in [-0.15, -0.1) is 0 Å². The Morgan fingerprint density at radius 3 is 2.91 bits per heavy atom. The van der Waals surface area contributed by atoms with Gasteiger partial charge in [0.1, 0.15) is 12.1 Å². The molecule has 6 nitrogen and oxygen atoms in total. The van der Waals surface area contributed by atoms with E-state index >= 15 is 0 Å². The standard InChI is InChI=1S/C16H17N3O3/c1-22-8-14-7-15(18-9-17-14)19-13-5-10-2-3-11(16(20)21)4-12(10)6-13/h2-4,7,9,13H,5-6,8H2,1H3,(H,20,21)(H,17,18,19). The Bertz CT molecular complexity index is 703. The van der Waals surface area contributed by atoms with Crippen molar-refractivity contribution >= 4 is 11.8 Å². The Balaban J connectivity index is 1.71. The number of anilines is 1. The van der Waals surface area contributed by atoms with Crippen LogP contribution in [0.2, 0.25) is 0 Å². The van der Waals surface area contributed by atoms with Gasteiger partial charge in [0.2, 0.25) is 0 Å². The molecule has 22 heavy (non-hydrogen) atoms. The van der Waals surface area contributed by atoms with Gasteiger partial charge in [-0.3, -0.25) is 0 Å². The Morgan fingerprint density at radius 2 is 2.14 bits per heavy atom. The molecule has 0 spiro atoms. The molecule has 0 saturated carbocycles. The average Bonchev–Trinajstić information content (AvgIpc) is 2.89. The molecule has 1 atom stereocenters. The minimum absolute atomic E-state index is 0.212. The maximum absolute atomic E-state index is 11.0. The Hall–Kier alpha value is -2.47. The second-order valence-electron chi connectivity index (χ2n) is 5.37. The lowest BCUT2D eigenvalue weighted by Gasteiger charge is -2.13. The van der Waals surface area contributed by atoms with Gasteiger partial charge in [-0.05, 0) is 36.1 Å². The summed E-state index contributed by atoms with van der Waals surface area (Å²) in [5.41, 5.74) is 3.43. The number of hydrogen-bond acceptors (Lipinski definition) is 5. The van der Waals surface area contributed by atoms with Crippen LogP contribution in [0.25, 0.3) is 0 Å². The number of carboxylic acids is 1. The van der Waals surface area contributed by atoms with Crippen LogP contribution in [0.4, 0.5) is 5.82 Å². The second-order valence-corrected chi connectivity index (χ2v) is 5.37. The first-order valence-corrected chi connectivity index (χ1v) is 7.07. The van der Waals surface area contributed by atoms with E-state index in [0.29, 0.717) is 12.2 Å². The van der Waals surface area contributed by atoms with Gasteiger partial charge in [0.15, 0.2) is 0 Å². The number of benzene rings is 1. The lowest BCUT2D eigenvalue weighted by Crippen LogP contribution is -2.20. The zero-order chi connectivity index (χ0) is 15.5. The van der Waals surface area contributed by atoms with E-state index < -0.39 is 5.97 Å². The van der Waals surface area contributed by atoms with E-state index in [4.69, 9.17) is 9.84 Å². The molecule has 1 aliphatic carbocycles. The monoisotopic (exact) mass is 299 g/mol. The Morgan fingerprint density at radius 1 is 1.32 bits per heavy atom. The number of carboxylic acid groups (broad SMARTS) is 1. The van der Waals surface area contributed by atoms with E-state index in [1.807, 2.05) is 12.1 Å². The molecular formula is C16H17N3O3. The molecule has 3 rings (SSSR count). The molecule has 114 valence electrons. The van der Waals surface area contributed by atoms with Crippen LogP contribution in [0.1, 0.15) is 27.2 Å². The van der Waals surface area contributed by atoms with Crippen LogP contribution in [-0.2, 0) is 24.2 Å². The summed E-state index contributed by atoms with van der Waals surface area (Å²) in [5, 5.41) is 12.4. The maximum Gasteiger partial charge on any atom is 0.335 e. The molecule has 0 bridgehead atoms. The number of hydrogen-bond donors (Lipinski definition) is 2. The third-order valence-electron chi connectivity index (χ3n) is 3.75. The van der Waals surface area contributed by atoms with Crippen LogP contribution < -0.4 is 5.32 Å². The molecule has 0 fully saturated rings. The highest BCUT2D eigenvalue weighted by Gasteiger charge is 2.22. The Kier molecular flexibility index (Phi) is 4.02. The molecule has 1 aromatic heterocycles. The summed E-state index contributed by atoms with van der Waals surface area (Å²) in [4.78, 5) is 19.4. The van der Waals surface area contributed by atoms with Crippen molar-refractivity contribution in [2.24, 2.45) is 0 Å². The van der Waals surface area contributed by atoms with E-state index in [0.717, 1.165) is 29.9 Å². The number of rotatable bonds is 5. The number of aromatic nitrogens is 2. The molecule has 1 aliphatic rings. The quantitative estimate of drug-likeness (QED) is 0.877. The van der Waals surface area contributed by atoms with Gasteiger partial charge in [-0.1, -0.05) is 6.07 Å². The number of fused-ring (bicyclic) bond motifs is 1. The Labute approximate surface area is 128 Å². The largest absolute Gasteiger partial charge is 0.478 e. The minimum atomic E-state index is -0.890. The zero-order valence-electron chi connectivity index (χ0n) is 12.2. The van der Waals surface area contributed by atoms with Crippen LogP contribution >= 0.6 is 0 Å². The fraction of sp³-hybridized carbons (Fsp3) is 0.312. The van der Waals surface area contributed by atoms with Crippen molar-refractivity contribution in [1.82, 2.24) is 9.97 Å². The second kappa shape index (κ2) is 6.11. The minimum Gasteiger partial charge on any atom is -0.478 e. The van der Waals surface area contributed by atoms with Crippen LogP contribution in [0.5, 0.6) is 0 Å². The zero-order valence-corrected chi connectivity index (χ0v) is 12.2. The number of carbonyl (C=O) groups is 1. The van der Waals surface area contributed by atoms with Crippen molar-refractivity contribution < 1.29 is 14.6 Å². The molecule has 1 unspecified atom stereocenters.